The molecule has 1 rings (SSSR count). The normalized spacial score (nSPS) is 12.3. The molecule has 0 radical (unpaired) electrons. The lowest BCUT2D eigenvalue weighted by Gasteiger charge is -2.04. The molecule has 1 aromatic heterocycles. The zero-order valence-electron chi connectivity index (χ0n) is 12.1. The Morgan fingerprint density at radius 1 is 1.38 bits per heavy atom. The summed E-state index contributed by atoms with van der Waals surface area (Å²) < 4.78 is 28.8. The number of hydrogen-bond donors (Lipinski definition) is 0. The summed E-state index contributed by atoms with van der Waals surface area (Å²) in [6.07, 6.45) is -0.892. The molecule has 0 fully saturated rings. The first kappa shape index (κ1) is 17.3. The zero-order valence-corrected chi connectivity index (χ0v) is 13.7. The number of hydrogen-bond acceptors (Lipinski definition) is 7. The standard InChI is InChI=1S/C10H16N4O5S2/c1-5-19-10(16)14-8(11-7(15)13(3)4)20-9(12-14)21(17,18)6-2/h5-6H2,1-4H3. The zero-order chi connectivity index (χ0) is 16.2. The Morgan fingerprint density at radius 3 is 2.48 bits per heavy atom. The minimum absolute atomic E-state index is 0.0836. The van der Waals surface area contributed by atoms with Crippen LogP contribution in [0.3, 0.4) is 0 Å². The number of carbonyl (C=O) groups excluding carboxylic acids is 2. The van der Waals surface area contributed by atoms with Gasteiger partial charge in [-0.05, 0) is 6.92 Å². The average molecular weight is 336 g/mol. The summed E-state index contributed by atoms with van der Waals surface area (Å²) in [5, 5.41) is 3.69. The Labute approximate surface area is 125 Å². The molecule has 11 heteroatoms. The second-order valence-electron chi connectivity index (χ2n) is 3.95. The van der Waals surface area contributed by atoms with Gasteiger partial charge in [0.05, 0.1) is 12.4 Å². The van der Waals surface area contributed by atoms with Gasteiger partial charge in [-0.2, -0.15) is 4.99 Å². The fraction of sp³-hybridized carbons (Fsp3) is 0.600. The SMILES string of the molecule is CCOC(=O)n1nc(S(=O)(=O)CC)sc1=NC(=O)N(C)C. The van der Waals surface area contributed by atoms with E-state index in [4.69, 9.17) is 4.74 Å². The van der Waals surface area contributed by atoms with Crippen LogP contribution in [0, 0.1) is 0 Å². The van der Waals surface area contributed by atoms with Crippen molar-refractivity contribution < 1.29 is 22.7 Å². The van der Waals surface area contributed by atoms with E-state index in [9.17, 15) is 18.0 Å². The van der Waals surface area contributed by atoms with Gasteiger partial charge in [-0.3, -0.25) is 0 Å². The molecule has 0 aliphatic heterocycles. The number of amides is 2. The lowest BCUT2D eigenvalue weighted by molar-refractivity contribution is 0.149. The predicted octanol–water partition coefficient (Wildman–Crippen LogP) is 0.325. The Balaban J connectivity index is 3.47. The molecule has 0 saturated carbocycles. The van der Waals surface area contributed by atoms with E-state index in [0.29, 0.717) is 16.0 Å². The number of sulfone groups is 1. The van der Waals surface area contributed by atoms with Crippen LogP contribution in [-0.4, -0.2) is 61.7 Å². The third kappa shape index (κ3) is 4.11. The van der Waals surface area contributed by atoms with Crippen molar-refractivity contribution in [3.8, 4) is 0 Å². The Morgan fingerprint density at radius 2 is 2.00 bits per heavy atom. The Hall–Kier alpha value is -1.75. The Bertz CT molecular complexity index is 701. The monoisotopic (exact) mass is 336 g/mol. The third-order valence-corrected chi connectivity index (χ3v) is 5.29. The van der Waals surface area contributed by atoms with Crippen molar-refractivity contribution in [3.63, 3.8) is 0 Å². The highest BCUT2D eigenvalue weighted by Gasteiger charge is 2.22. The predicted molar refractivity (Wildman–Crippen MR) is 74.9 cm³/mol. The summed E-state index contributed by atoms with van der Waals surface area (Å²) in [4.78, 5) is 28.0. The van der Waals surface area contributed by atoms with Crippen LogP contribution >= 0.6 is 11.3 Å². The molecule has 1 heterocycles. The first-order chi connectivity index (χ1) is 9.72. The van der Waals surface area contributed by atoms with Gasteiger partial charge in [-0.25, -0.2) is 18.0 Å². The Kier molecular flexibility index (Phi) is 5.61. The van der Waals surface area contributed by atoms with Crippen molar-refractivity contribution in [3.05, 3.63) is 4.80 Å². The molecular formula is C10H16N4O5S2. The molecule has 21 heavy (non-hydrogen) atoms. The maximum Gasteiger partial charge on any atom is 0.437 e. The number of ether oxygens (including phenoxy) is 1. The topological polar surface area (TPSA) is 111 Å². The second-order valence-corrected chi connectivity index (χ2v) is 7.36. The van der Waals surface area contributed by atoms with Gasteiger partial charge in [-0.1, -0.05) is 18.3 Å². The van der Waals surface area contributed by atoms with Crippen LogP contribution < -0.4 is 4.80 Å². The van der Waals surface area contributed by atoms with Crippen LogP contribution in [0.2, 0.25) is 0 Å². The van der Waals surface area contributed by atoms with Crippen molar-refractivity contribution in [2.24, 2.45) is 4.99 Å². The minimum Gasteiger partial charge on any atom is -0.448 e. The van der Waals surface area contributed by atoms with Crippen molar-refractivity contribution >= 4 is 33.3 Å². The minimum atomic E-state index is -3.61. The lowest BCUT2D eigenvalue weighted by atomic mass is 10.8. The number of carbonyl (C=O) groups is 2. The molecule has 0 N–H and O–H groups in total. The molecular weight excluding hydrogens is 320 g/mol. The lowest BCUT2D eigenvalue weighted by Crippen LogP contribution is -2.29. The molecule has 1 aromatic rings. The molecule has 0 aliphatic rings. The number of rotatable bonds is 3. The van der Waals surface area contributed by atoms with Crippen LogP contribution in [0.4, 0.5) is 9.59 Å². The summed E-state index contributed by atoms with van der Waals surface area (Å²) in [5.41, 5.74) is 0. The largest absolute Gasteiger partial charge is 0.448 e. The molecule has 0 atom stereocenters. The van der Waals surface area contributed by atoms with Gasteiger partial charge in [0, 0.05) is 14.1 Å². The quantitative estimate of drug-likeness (QED) is 0.786. The number of aromatic nitrogens is 2. The van der Waals surface area contributed by atoms with E-state index in [0.717, 1.165) is 0 Å². The summed E-state index contributed by atoms with van der Waals surface area (Å²) in [7, 11) is -0.656. The van der Waals surface area contributed by atoms with Crippen LogP contribution in [0.25, 0.3) is 0 Å². The van der Waals surface area contributed by atoms with Crippen LogP contribution in [0.5, 0.6) is 0 Å². The van der Waals surface area contributed by atoms with Crippen LogP contribution in [0.15, 0.2) is 9.33 Å². The van der Waals surface area contributed by atoms with E-state index < -0.39 is 22.0 Å². The van der Waals surface area contributed by atoms with Gasteiger partial charge in [0.25, 0.3) is 0 Å². The van der Waals surface area contributed by atoms with E-state index >= 15 is 0 Å². The van der Waals surface area contributed by atoms with Gasteiger partial charge in [0.15, 0.2) is 0 Å². The van der Waals surface area contributed by atoms with Crippen LogP contribution in [-0.2, 0) is 14.6 Å². The van der Waals surface area contributed by atoms with E-state index in [1.165, 1.54) is 25.9 Å². The molecule has 2 amide bonds. The molecule has 0 unspecified atom stereocenters. The maximum atomic E-state index is 11.8. The molecule has 0 bridgehead atoms. The highest BCUT2D eigenvalue weighted by molar-refractivity contribution is 7.93. The molecule has 9 nitrogen and oxygen atoms in total. The number of urea groups is 1. The molecule has 0 saturated heterocycles. The average Bonchev–Trinajstić information content (AvgIpc) is 2.83. The van der Waals surface area contributed by atoms with Gasteiger partial charge in [-0.15, -0.1) is 9.78 Å². The number of nitrogens with zero attached hydrogens (tertiary/aromatic N) is 4. The van der Waals surface area contributed by atoms with Crippen molar-refractivity contribution in [1.29, 1.82) is 0 Å². The van der Waals surface area contributed by atoms with Crippen LogP contribution in [0.1, 0.15) is 13.8 Å². The third-order valence-electron chi connectivity index (χ3n) is 2.20. The summed E-state index contributed by atoms with van der Waals surface area (Å²) in [5.74, 6) is -0.176. The molecule has 118 valence electrons. The maximum absolute atomic E-state index is 11.8. The van der Waals surface area contributed by atoms with E-state index in [1.807, 2.05) is 0 Å². The van der Waals surface area contributed by atoms with Crippen molar-refractivity contribution in [1.82, 2.24) is 14.7 Å². The highest BCUT2D eigenvalue weighted by atomic mass is 32.2. The van der Waals surface area contributed by atoms with E-state index in [2.05, 4.69) is 10.1 Å². The summed E-state index contributed by atoms with van der Waals surface area (Å²) in [6, 6.07) is -0.642. The van der Waals surface area contributed by atoms with Crippen molar-refractivity contribution in [2.45, 2.75) is 18.2 Å². The highest BCUT2D eigenvalue weighted by Crippen LogP contribution is 2.10. The molecule has 0 aliphatic carbocycles. The smallest absolute Gasteiger partial charge is 0.437 e. The summed E-state index contributed by atoms with van der Waals surface area (Å²) in [6.45, 7) is 3.13. The first-order valence-corrected chi connectivity index (χ1v) is 8.45. The van der Waals surface area contributed by atoms with Gasteiger partial charge in [0.2, 0.25) is 19.0 Å². The summed E-state index contributed by atoms with van der Waals surface area (Å²) >= 11 is 0.640. The molecule has 0 spiro atoms. The van der Waals surface area contributed by atoms with Gasteiger partial charge < -0.3 is 9.64 Å². The fourth-order valence-electron chi connectivity index (χ4n) is 1.07. The fourth-order valence-corrected chi connectivity index (χ4v) is 3.21. The first-order valence-electron chi connectivity index (χ1n) is 5.99. The van der Waals surface area contributed by atoms with Gasteiger partial charge in [0.1, 0.15) is 0 Å². The van der Waals surface area contributed by atoms with E-state index in [1.54, 1.807) is 6.92 Å². The van der Waals surface area contributed by atoms with Gasteiger partial charge >= 0.3 is 12.1 Å². The van der Waals surface area contributed by atoms with Crippen molar-refractivity contribution in [2.75, 3.05) is 26.5 Å². The molecule has 0 aromatic carbocycles. The second kappa shape index (κ2) is 6.80. The van der Waals surface area contributed by atoms with E-state index in [-0.39, 0.29) is 21.5 Å².